The summed E-state index contributed by atoms with van der Waals surface area (Å²) in [5, 5.41) is 7.33. The number of alkyl halides is 4. The van der Waals surface area contributed by atoms with Crippen LogP contribution in [0.5, 0.6) is 0 Å². The SMILES string of the molecule is CCN(C(=O)CCSC(Cl)C(F)(F)F)C(C=Nc1cccnc1)C(=N)Cl. The molecule has 1 rings (SSSR count). The Balaban J connectivity index is 2.73. The zero-order valence-electron chi connectivity index (χ0n) is 13.7. The van der Waals surface area contributed by atoms with Crippen LogP contribution in [-0.4, -0.2) is 56.4 Å². The van der Waals surface area contributed by atoms with Gasteiger partial charge < -0.3 is 4.90 Å². The van der Waals surface area contributed by atoms with Crippen LogP contribution in [0.3, 0.4) is 0 Å². The highest BCUT2D eigenvalue weighted by atomic mass is 35.5. The lowest BCUT2D eigenvalue weighted by Crippen LogP contribution is -2.44. The fourth-order valence-electron chi connectivity index (χ4n) is 1.89. The third-order valence-corrected chi connectivity index (χ3v) is 4.95. The number of hydrogen-bond donors (Lipinski definition) is 1. The molecule has 144 valence electrons. The molecular formula is C15H17Cl2F3N4OS. The molecule has 1 N–H and O–H groups in total. The molecule has 1 aromatic heterocycles. The van der Waals surface area contributed by atoms with Crippen LogP contribution in [0.25, 0.3) is 0 Å². The maximum absolute atomic E-state index is 12.4. The van der Waals surface area contributed by atoms with E-state index in [1.165, 1.54) is 17.3 Å². The van der Waals surface area contributed by atoms with Gasteiger partial charge in [-0.3, -0.25) is 20.2 Å². The lowest BCUT2D eigenvalue weighted by Gasteiger charge is -2.27. The maximum atomic E-state index is 12.4. The van der Waals surface area contributed by atoms with Crippen molar-refractivity contribution in [2.45, 2.75) is 30.3 Å². The summed E-state index contributed by atoms with van der Waals surface area (Å²) in [4.78, 5) is 21.6. The molecule has 0 fully saturated rings. The van der Waals surface area contributed by atoms with Crippen molar-refractivity contribution < 1.29 is 18.0 Å². The molecule has 2 atom stereocenters. The van der Waals surface area contributed by atoms with Crippen LogP contribution in [0, 0.1) is 5.41 Å². The van der Waals surface area contributed by atoms with E-state index in [0.29, 0.717) is 17.4 Å². The number of pyridine rings is 1. The van der Waals surface area contributed by atoms with Crippen molar-refractivity contribution >= 4 is 57.9 Å². The molecule has 5 nitrogen and oxygen atoms in total. The van der Waals surface area contributed by atoms with Crippen LogP contribution in [0.4, 0.5) is 18.9 Å². The highest BCUT2D eigenvalue weighted by Gasteiger charge is 2.38. The average molecular weight is 429 g/mol. The number of aromatic nitrogens is 1. The zero-order valence-corrected chi connectivity index (χ0v) is 16.0. The lowest BCUT2D eigenvalue weighted by atomic mass is 10.2. The van der Waals surface area contributed by atoms with Crippen LogP contribution in [-0.2, 0) is 4.79 Å². The fourth-order valence-corrected chi connectivity index (χ4v) is 3.02. The molecule has 1 amide bonds. The van der Waals surface area contributed by atoms with E-state index in [-0.39, 0.29) is 23.9 Å². The number of nitrogens with one attached hydrogen (secondary N) is 1. The number of amides is 1. The Morgan fingerprint density at radius 1 is 1.54 bits per heavy atom. The predicted molar refractivity (Wildman–Crippen MR) is 99.9 cm³/mol. The molecule has 0 spiro atoms. The van der Waals surface area contributed by atoms with Crippen molar-refractivity contribution in [1.82, 2.24) is 9.88 Å². The van der Waals surface area contributed by atoms with Gasteiger partial charge in [0.1, 0.15) is 11.2 Å². The molecule has 0 aliphatic heterocycles. The number of rotatable bonds is 9. The number of aliphatic imine (C=N–C) groups is 1. The van der Waals surface area contributed by atoms with Gasteiger partial charge >= 0.3 is 6.18 Å². The van der Waals surface area contributed by atoms with Crippen LogP contribution in [0.2, 0.25) is 0 Å². The predicted octanol–water partition coefficient (Wildman–Crippen LogP) is 4.47. The van der Waals surface area contributed by atoms with E-state index in [1.807, 2.05) is 0 Å². The second-order valence-corrected chi connectivity index (χ2v) is 7.26. The Hall–Kier alpha value is -1.32. The third-order valence-electron chi connectivity index (χ3n) is 3.10. The van der Waals surface area contributed by atoms with E-state index in [0.717, 1.165) is 0 Å². The Morgan fingerprint density at radius 3 is 2.73 bits per heavy atom. The molecule has 2 unspecified atom stereocenters. The smallest absolute Gasteiger partial charge is 0.328 e. The monoisotopic (exact) mass is 428 g/mol. The number of thioether (sulfide) groups is 1. The minimum absolute atomic E-state index is 0.106. The highest BCUT2D eigenvalue weighted by molar-refractivity contribution is 8.01. The van der Waals surface area contributed by atoms with Crippen molar-refractivity contribution in [2.24, 2.45) is 4.99 Å². The first kappa shape index (κ1) is 22.7. The molecule has 26 heavy (non-hydrogen) atoms. The summed E-state index contributed by atoms with van der Waals surface area (Å²) in [6.45, 7) is 1.89. The minimum atomic E-state index is -4.53. The number of halogens is 5. The molecule has 0 saturated heterocycles. The van der Waals surface area contributed by atoms with Gasteiger partial charge in [0.2, 0.25) is 5.91 Å². The number of carbonyl (C=O) groups excluding carboxylic acids is 1. The largest absolute Gasteiger partial charge is 0.413 e. The lowest BCUT2D eigenvalue weighted by molar-refractivity contribution is -0.130. The average Bonchev–Trinajstić information content (AvgIpc) is 2.58. The van der Waals surface area contributed by atoms with E-state index < -0.39 is 22.8 Å². The van der Waals surface area contributed by atoms with Crippen molar-refractivity contribution in [3.05, 3.63) is 24.5 Å². The Kier molecular flexibility index (Phi) is 9.38. The van der Waals surface area contributed by atoms with Gasteiger partial charge in [0.05, 0.1) is 11.9 Å². The summed E-state index contributed by atoms with van der Waals surface area (Å²) in [7, 11) is 0. The van der Waals surface area contributed by atoms with Gasteiger partial charge in [-0.1, -0.05) is 11.6 Å². The van der Waals surface area contributed by atoms with Crippen molar-refractivity contribution in [3.63, 3.8) is 0 Å². The molecule has 0 aliphatic rings. The van der Waals surface area contributed by atoms with Crippen LogP contribution < -0.4 is 0 Å². The molecule has 0 aliphatic carbocycles. The van der Waals surface area contributed by atoms with Crippen molar-refractivity contribution in [3.8, 4) is 0 Å². The summed E-state index contributed by atoms with van der Waals surface area (Å²) >= 11 is 11.4. The van der Waals surface area contributed by atoms with E-state index in [1.54, 1.807) is 25.3 Å². The second-order valence-electron chi connectivity index (χ2n) is 4.94. The summed E-state index contributed by atoms with van der Waals surface area (Å²) in [6.07, 6.45) is -0.292. The first-order valence-electron chi connectivity index (χ1n) is 7.46. The minimum Gasteiger partial charge on any atom is -0.328 e. The molecule has 0 radical (unpaired) electrons. The maximum Gasteiger partial charge on any atom is 0.413 e. The fraction of sp³-hybridized carbons (Fsp3) is 0.467. The van der Waals surface area contributed by atoms with Gasteiger partial charge in [0.25, 0.3) is 0 Å². The standard InChI is InChI=1S/C15H17Cl2F3N4OS/c1-2-24(12(25)5-7-26-14(17)15(18,19)20)11(13(16)21)9-23-10-4-3-6-22-8-10/h3-4,6,8-9,11,14,21H,2,5,7H2,1H3. The van der Waals surface area contributed by atoms with Gasteiger partial charge in [0, 0.05) is 31.1 Å². The first-order valence-corrected chi connectivity index (χ1v) is 9.33. The molecule has 1 heterocycles. The molecule has 0 aromatic carbocycles. The van der Waals surface area contributed by atoms with Crippen molar-refractivity contribution in [2.75, 3.05) is 12.3 Å². The van der Waals surface area contributed by atoms with E-state index >= 15 is 0 Å². The van der Waals surface area contributed by atoms with E-state index in [2.05, 4.69) is 9.98 Å². The normalized spacial score (nSPS) is 14.2. The molecule has 0 bridgehead atoms. The Labute approximate surface area is 163 Å². The van der Waals surface area contributed by atoms with Gasteiger partial charge in [-0.2, -0.15) is 13.2 Å². The van der Waals surface area contributed by atoms with E-state index in [9.17, 15) is 18.0 Å². The van der Waals surface area contributed by atoms with Crippen LogP contribution >= 0.6 is 35.0 Å². The number of carbonyl (C=O) groups is 1. The first-order chi connectivity index (χ1) is 12.2. The zero-order chi connectivity index (χ0) is 19.7. The van der Waals surface area contributed by atoms with Gasteiger partial charge in [0.15, 0.2) is 4.71 Å². The highest BCUT2D eigenvalue weighted by Crippen LogP contribution is 2.33. The number of hydrogen-bond acceptors (Lipinski definition) is 5. The molecular weight excluding hydrogens is 412 g/mol. The van der Waals surface area contributed by atoms with Gasteiger partial charge in [-0.15, -0.1) is 23.4 Å². The third kappa shape index (κ3) is 7.51. The van der Waals surface area contributed by atoms with Crippen LogP contribution in [0.15, 0.2) is 29.5 Å². The van der Waals surface area contributed by atoms with Gasteiger partial charge in [-0.25, -0.2) is 0 Å². The van der Waals surface area contributed by atoms with Crippen LogP contribution in [0.1, 0.15) is 13.3 Å². The topological polar surface area (TPSA) is 69.4 Å². The van der Waals surface area contributed by atoms with E-state index in [4.69, 9.17) is 28.6 Å². The Morgan fingerprint density at radius 2 is 2.23 bits per heavy atom. The summed E-state index contributed by atoms with van der Waals surface area (Å²) in [5.74, 6) is -0.551. The quantitative estimate of drug-likeness (QED) is 0.465. The second kappa shape index (κ2) is 10.7. The molecule has 1 aromatic rings. The summed E-state index contributed by atoms with van der Waals surface area (Å²) in [6, 6.07) is 2.45. The Bertz CT molecular complexity index is 631. The summed E-state index contributed by atoms with van der Waals surface area (Å²) in [5.41, 5.74) is 0.518. The number of nitrogens with zero attached hydrogens (tertiary/aromatic N) is 3. The molecule has 11 heteroatoms. The summed E-state index contributed by atoms with van der Waals surface area (Å²) < 4.78 is 35.1. The van der Waals surface area contributed by atoms with Crippen molar-refractivity contribution in [1.29, 1.82) is 5.41 Å². The van der Waals surface area contributed by atoms with Gasteiger partial charge in [-0.05, 0) is 19.1 Å². The molecule has 0 saturated carbocycles.